The Labute approximate surface area is 148 Å². The number of benzene rings is 1. The zero-order valence-electron chi connectivity index (χ0n) is 13.8. The number of nitrogens with zero attached hydrogens (tertiary/aromatic N) is 2. The number of carbonyl (C=O) groups is 3. The second-order valence-corrected chi connectivity index (χ2v) is 6.30. The van der Waals surface area contributed by atoms with Gasteiger partial charge in [0.05, 0.1) is 11.3 Å². The maximum atomic E-state index is 12.5. The molecule has 3 N–H and O–H groups in total. The van der Waals surface area contributed by atoms with Gasteiger partial charge >= 0.3 is 6.03 Å². The van der Waals surface area contributed by atoms with Gasteiger partial charge in [-0.1, -0.05) is 23.7 Å². The highest BCUT2D eigenvalue weighted by atomic mass is 35.5. The molecule has 1 aliphatic rings. The van der Waals surface area contributed by atoms with Crippen LogP contribution in [0.5, 0.6) is 0 Å². The fraction of sp³-hybridized carbons (Fsp3) is 0.250. The van der Waals surface area contributed by atoms with E-state index in [4.69, 9.17) is 11.6 Å². The number of halogens is 1. The predicted molar refractivity (Wildman–Crippen MR) is 91.4 cm³/mol. The monoisotopic (exact) mass is 361 g/mol. The second kappa shape index (κ2) is 5.89. The van der Waals surface area contributed by atoms with Gasteiger partial charge in [0, 0.05) is 12.7 Å². The molecule has 4 amide bonds. The van der Waals surface area contributed by atoms with Crippen LogP contribution in [-0.4, -0.2) is 27.6 Å². The van der Waals surface area contributed by atoms with Crippen LogP contribution >= 0.6 is 11.6 Å². The summed E-state index contributed by atoms with van der Waals surface area (Å²) in [5, 5.41) is 11.9. The van der Waals surface area contributed by atoms with Crippen LogP contribution in [0.1, 0.15) is 28.5 Å². The average molecular weight is 362 g/mol. The Hall–Kier alpha value is -2.87. The fourth-order valence-corrected chi connectivity index (χ4v) is 3.00. The Kier molecular flexibility index (Phi) is 4.00. The number of rotatable bonds is 3. The molecule has 1 atom stereocenters. The standard InChI is InChI=1S/C16H16ClN5O3/c1-8-11(12(17)22(3)21-8)13(23)18-10-6-4-5-9(7-10)16(2)14(24)19-15(25)20-16/h4-7H,1-3H3,(H,18,23)(H2,19,20,24,25). The van der Waals surface area contributed by atoms with Crippen molar-refractivity contribution < 1.29 is 14.4 Å². The molecule has 8 nitrogen and oxygen atoms in total. The molecule has 130 valence electrons. The van der Waals surface area contributed by atoms with E-state index in [2.05, 4.69) is 21.0 Å². The molecule has 1 unspecified atom stereocenters. The number of urea groups is 1. The average Bonchev–Trinajstić information content (AvgIpc) is 2.95. The number of hydrogen-bond acceptors (Lipinski definition) is 4. The van der Waals surface area contributed by atoms with Gasteiger partial charge in [-0.05, 0) is 31.5 Å². The molecule has 0 aliphatic carbocycles. The van der Waals surface area contributed by atoms with Crippen molar-refractivity contribution in [2.24, 2.45) is 7.05 Å². The Morgan fingerprint density at radius 2 is 2.08 bits per heavy atom. The van der Waals surface area contributed by atoms with Gasteiger partial charge in [-0.3, -0.25) is 19.6 Å². The summed E-state index contributed by atoms with van der Waals surface area (Å²) in [6.45, 7) is 3.28. The van der Waals surface area contributed by atoms with Gasteiger partial charge in [-0.15, -0.1) is 0 Å². The van der Waals surface area contributed by atoms with Gasteiger partial charge in [-0.2, -0.15) is 5.10 Å². The SMILES string of the molecule is Cc1nn(C)c(Cl)c1C(=O)Nc1cccc(C2(C)NC(=O)NC2=O)c1. The summed E-state index contributed by atoms with van der Waals surface area (Å²) in [7, 11) is 1.65. The van der Waals surface area contributed by atoms with Crippen LogP contribution in [0.4, 0.5) is 10.5 Å². The lowest BCUT2D eigenvalue weighted by molar-refractivity contribution is -0.123. The molecule has 1 saturated heterocycles. The van der Waals surface area contributed by atoms with E-state index in [0.29, 0.717) is 16.9 Å². The molecule has 2 heterocycles. The molecule has 1 aromatic carbocycles. The van der Waals surface area contributed by atoms with E-state index in [1.165, 1.54) is 4.68 Å². The lowest BCUT2D eigenvalue weighted by Gasteiger charge is -2.21. The first kappa shape index (κ1) is 17.0. The molecule has 25 heavy (non-hydrogen) atoms. The molecule has 0 spiro atoms. The minimum atomic E-state index is -1.19. The van der Waals surface area contributed by atoms with Gasteiger partial charge in [0.15, 0.2) is 0 Å². The lowest BCUT2D eigenvalue weighted by atomic mass is 9.92. The number of amides is 4. The Morgan fingerprint density at radius 3 is 2.64 bits per heavy atom. The molecule has 0 radical (unpaired) electrons. The predicted octanol–water partition coefficient (Wildman–Crippen LogP) is 1.69. The van der Waals surface area contributed by atoms with Crippen molar-refractivity contribution in [3.63, 3.8) is 0 Å². The number of aromatic nitrogens is 2. The lowest BCUT2D eigenvalue weighted by Crippen LogP contribution is -2.40. The zero-order chi connectivity index (χ0) is 18.4. The van der Waals surface area contributed by atoms with Crippen molar-refractivity contribution in [1.29, 1.82) is 0 Å². The Bertz CT molecular complexity index is 907. The van der Waals surface area contributed by atoms with Crippen molar-refractivity contribution in [2.75, 3.05) is 5.32 Å². The van der Waals surface area contributed by atoms with E-state index in [1.54, 1.807) is 45.2 Å². The smallest absolute Gasteiger partial charge is 0.322 e. The highest BCUT2D eigenvalue weighted by molar-refractivity contribution is 6.33. The Balaban J connectivity index is 1.89. The third kappa shape index (κ3) is 2.85. The fourth-order valence-electron chi connectivity index (χ4n) is 2.74. The third-order valence-electron chi connectivity index (χ3n) is 4.12. The summed E-state index contributed by atoms with van der Waals surface area (Å²) in [5.74, 6) is -0.857. The highest BCUT2D eigenvalue weighted by Gasteiger charge is 2.43. The van der Waals surface area contributed by atoms with Crippen molar-refractivity contribution >= 4 is 35.1 Å². The third-order valence-corrected chi connectivity index (χ3v) is 4.56. The number of hydrogen-bond donors (Lipinski definition) is 3. The maximum absolute atomic E-state index is 12.5. The highest BCUT2D eigenvalue weighted by Crippen LogP contribution is 2.27. The largest absolute Gasteiger partial charge is 0.322 e. The van der Waals surface area contributed by atoms with E-state index in [-0.39, 0.29) is 10.7 Å². The van der Waals surface area contributed by atoms with E-state index in [9.17, 15) is 14.4 Å². The topological polar surface area (TPSA) is 105 Å². The second-order valence-electron chi connectivity index (χ2n) is 5.94. The van der Waals surface area contributed by atoms with Crippen LogP contribution < -0.4 is 16.0 Å². The molecule has 9 heteroatoms. The normalized spacial score (nSPS) is 19.5. The number of nitrogens with one attached hydrogen (secondary N) is 3. The van der Waals surface area contributed by atoms with Crippen LogP contribution in [0.2, 0.25) is 5.15 Å². The van der Waals surface area contributed by atoms with Crippen LogP contribution in [0.15, 0.2) is 24.3 Å². The van der Waals surface area contributed by atoms with Crippen LogP contribution in [0.3, 0.4) is 0 Å². The number of carbonyl (C=O) groups excluding carboxylic acids is 3. The first-order valence-electron chi connectivity index (χ1n) is 7.47. The number of aryl methyl sites for hydroxylation is 2. The van der Waals surface area contributed by atoms with Crippen molar-refractivity contribution in [2.45, 2.75) is 19.4 Å². The van der Waals surface area contributed by atoms with Crippen molar-refractivity contribution in [3.05, 3.63) is 46.2 Å². The van der Waals surface area contributed by atoms with Gasteiger partial charge in [0.1, 0.15) is 10.7 Å². The van der Waals surface area contributed by atoms with E-state index < -0.39 is 23.4 Å². The Morgan fingerprint density at radius 1 is 1.36 bits per heavy atom. The summed E-state index contributed by atoms with van der Waals surface area (Å²) in [6, 6.07) is 6.14. The molecular weight excluding hydrogens is 346 g/mol. The molecule has 1 fully saturated rings. The summed E-state index contributed by atoms with van der Waals surface area (Å²) in [6.07, 6.45) is 0. The molecule has 1 aromatic heterocycles. The first-order chi connectivity index (χ1) is 11.7. The maximum Gasteiger partial charge on any atom is 0.322 e. The number of anilines is 1. The van der Waals surface area contributed by atoms with Gasteiger partial charge < -0.3 is 10.6 Å². The first-order valence-corrected chi connectivity index (χ1v) is 7.85. The van der Waals surface area contributed by atoms with Crippen molar-refractivity contribution in [1.82, 2.24) is 20.4 Å². The summed E-state index contributed by atoms with van der Waals surface area (Å²) >= 11 is 6.11. The van der Waals surface area contributed by atoms with Crippen LogP contribution in [-0.2, 0) is 17.4 Å². The molecular formula is C16H16ClN5O3. The van der Waals surface area contributed by atoms with Crippen LogP contribution in [0.25, 0.3) is 0 Å². The summed E-state index contributed by atoms with van der Waals surface area (Å²) in [4.78, 5) is 36.0. The minimum absolute atomic E-state index is 0.237. The molecule has 0 bridgehead atoms. The van der Waals surface area contributed by atoms with Crippen LogP contribution in [0, 0.1) is 6.92 Å². The zero-order valence-corrected chi connectivity index (χ0v) is 14.6. The molecule has 3 rings (SSSR count). The van der Waals surface area contributed by atoms with E-state index >= 15 is 0 Å². The summed E-state index contributed by atoms with van der Waals surface area (Å²) < 4.78 is 1.42. The number of imide groups is 1. The van der Waals surface area contributed by atoms with E-state index in [1.807, 2.05) is 0 Å². The molecule has 0 saturated carbocycles. The quantitative estimate of drug-likeness (QED) is 0.723. The van der Waals surface area contributed by atoms with Gasteiger partial charge in [0.2, 0.25) is 0 Å². The van der Waals surface area contributed by atoms with Crippen molar-refractivity contribution in [3.8, 4) is 0 Å². The minimum Gasteiger partial charge on any atom is -0.322 e. The van der Waals surface area contributed by atoms with Gasteiger partial charge in [0.25, 0.3) is 11.8 Å². The van der Waals surface area contributed by atoms with Gasteiger partial charge in [-0.25, -0.2) is 4.79 Å². The van der Waals surface area contributed by atoms with E-state index in [0.717, 1.165) is 0 Å². The molecule has 1 aliphatic heterocycles. The molecule has 2 aromatic rings. The summed E-state index contributed by atoms with van der Waals surface area (Å²) in [5.41, 5.74) is 0.613.